The molecule has 0 radical (unpaired) electrons. The second-order valence-corrected chi connectivity index (χ2v) is 4.78. The van der Waals surface area contributed by atoms with E-state index in [2.05, 4.69) is 12.2 Å². The summed E-state index contributed by atoms with van der Waals surface area (Å²) in [5, 5.41) is 24.6. The molecule has 0 heterocycles. The number of aliphatic hydroxyl groups excluding tert-OH is 1. The normalized spacial score (nSPS) is 12.7. The number of fused-ring (bicyclic) bond motifs is 1. The number of rotatable bonds is 6. The Balaban J connectivity index is 2.22. The molecular formula is C16H21NO2. The van der Waals surface area contributed by atoms with Crippen LogP contribution in [0.5, 0.6) is 5.75 Å². The van der Waals surface area contributed by atoms with Crippen molar-refractivity contribution in [2.45, 2.75) is 32.4 Å². The number of benzene rings is 2. The fourth-order valence-electron chi connectivity index (χ4n) is 2.36. The predicted octanol–water partition coefficient (Wildman–Crippen LogP) is 2.80. The number of phenols is 1. The Bertz CT molecular complexity index is 539. The van der Waals surface area contributed by atoms with E-state index >= 15 is 0 Å². The highest BCUT2D eigenvalue weighted by Gasteiger charge is 2.09. The van der Waals surface area contributed by atoms with Crippen molar-refractivity contribution in [3.05, 3.63) is 42.0 Å². The van der Waals surface area contributed by atoms with Crippen LogP contribution in [0.1, 0.15) is 25.3 Å². The molecule has 3 nitrogen and oxygen atoms in total. The minimum absolute atomic E-state index is 0.188. The summed E-state index contributed by atoms with van der Waals surface area (Å²) in [6.45, 7) is 2.90. The summed E-state index contributed by atoms with van der Waals surface area (Å²) >= 11 is 0. The van der Waals surface area contributed by atoms with Crippen molar-refractivity contribution in [2.24, 2.45) is 0 Å². The summed E-state index contributed by atoms with van der Waals surface area (Å²) in [4.78, 5) is 0. The maximum atomic E-state index is 10.0. The summed E-state index contributed by atoms with van der Waals surface area (Å²) in [5.74, 6) is 0.324. The lowest BCUT2D eigenvalue weighted by Gasteiger charge is -2.17. The van der Waals surface area contributed by atoms with Gasteiger partial charge >= 0.3 is 0 Å². The summed E-state index contributed by atoms with van der Waals surface area (Å²) < 4.78 is 0. The van der Waals surface area contributed by atoms with Crippen molar-refractivity contribution < 1.29 is 10.2 Å². The average molecular weight is 259 g/mol. The molecule has 0 amide bonds. The highest BCUT2D eigenvalue weighted by molar-refractivity contribution is 5.87. The van der Waals surface area contributed by atoms with Crippen LogP contribution in [0.3, 0.4) is 0 Å². The molecule has 0 aliphatic carbocycles. The Morgan fingerprint density at radius 2 is 1.95 bits per heavy atom. The molecule has 3 N–H and O–H groups in total. The van der Waals surface area contributed by atoms with Gasteiger partial charge in [0.25, 0.3) is 0 Å². The van der Waals surface area contributed by atoms with Gasteiger partial charge in [0, 0.05) is 24.8 Å². The SMILES string of the molecule is CCC(CCO)NCc1c(O)ccc2ccccc12. The van der Waals surface area contributed by atoms with Gasteiger partial charge in [0.1, 0.15) is 5.75 Å². The lowest BCUT2D eigenvalue weighted by Crippen LogP contribution is -2.28. The molecule has 0 bridgehead atoms. The first kappa shape index (κ1) is 13.8. The quantitative estimate of drug-likeness (QED) is 0.747. The zero-order chi connectivity index (χ0) is 13.7. The molecule has 0 aliphatic heterocycles. The van der Waals surface area contributed by atoms with Crippen molar-refractivity contribution in [3.63, 3.8) is 0 Å². The molecule has 1 atom stereocenters. The second-order valence-electron chi connectivity index (χ2n) is 4.78. The Hall–Kier alpha value is -1.58. The van der Waals surface area contributed by atoms with Gasteiger partial charge in [-0.25, -0.2) is 0 Å². The summed E-state index contributed by atoms with van der Waals surface area (Å²) in [6.07, 6.45) is 1.70. The topological polar surface area (TPSA) is 52.5 Å². The monoisotopic (exact) mass is 259 g/mol. The van der Waals surface area contributed by atoms with Crippen LogP contribution >= 0.6 is 0 Å². The third-order valence-corrected chi connectivity index (χ3v) is 3.55. The maximum absolute atomic E-state index is 10.0. The second kappa shape index (κ2) is 6.55. The van der Waals surface area contributed by atoms with Crippen LogP contribution in [-0.2, 0) is 6.54 Å². The van der Waals surface area contributed by atoms with Gasteiger partial charge in [0.2, 0.25) is 0 Å². The van der Waals surface area contributed by atoms with E-state index in [1.165, 1.54) is 0 Å². The van der Waals surface area contributed by atoms with E-state index in [1.54, 1.807) is 6.07 Å². The van der Waals surface area contributed by atoms with E-state index < -0.39 is 0 Å². The molecule has 0 fully saturated rings. The van der Waals surface area contributed by atoms with Gasteiger partial charge in [0.05, 0.1) is 0 Å². The van der Waals surface area contributed by atoms with Gasteiger partial charge in [-0.05, 0) is 29.7 Å². The van der Waals surface area contributed by atoms with Crippen molar-refractivity contribution in [2.75, 3.05) is 6.61 Å². The van der Waals surface area contributed by atoms with Gasteiger partial charge in [-0.3, -0.25) is 0 Å². The lowest BCUT2D eigenvalue weighted by molar-refractivity contribution is 0.262. The van der Waals surface area contributed by atoms with Crippen molar-refractivity contribution >= 4 is 10.8 Å². The number of nitrogens with one attached hydrogen (secondary N) is 1. The minimum Gasteiger partial charge on any atom is -0.508 e. The Morgan fingerprint density at radius 3 is 2.68 bits per heavy atom. The van der Waals surface area contributed by atoms with Crippen LogP contribution in [0.15, 0.2) is 36.4 Å². The standard InChI is InChI=1S/C16H21NO2/c1-2-13(9-10-18)17-11-15-14-6-4-3-5-12(14)7-8-16(15)19/h3-8,13,17-19H,2,9-11H2,1H3. The van der Waals surface area contributed by atoms with E-state index in [-0.39, 0.29) is 12.6 Å². The molecule has 0 aromatic heterocycles. The molecule has 0 aliphatic rings. The minimum atomic E-state index is 0.188. The van der Waals surface area contributed by atoms with Gasteiger partial charge in [-0.1, -0.05) is 37.3 Å². The molecular weight excluding hydrogens is 238 g/mol. The third kappa shape index (κ3) is 3.25. The van der Waals surface area contributed by atoms with Crippen molar-refractivity contribution in [1.29, 1.82) is 0 Å². The summed E-state index contributed by atoms with van der Waals surface area (Å²) in [7, 11) is 0. The van der Waals surface area contributed by atoms with Crippen LogP contribution in [-0.4, -0.2) is 22.9 Å². The van der Waals surface area contributed by atoms with Gasteiger partial charge in [-0.15, -0.1) is 0 Å². The molecule has 2 aromatic rings. The number of aromatic hydroxyl groups is 1. The maximum Gasteiger partial charge on any atom is 0.120 e. The molecule has 0 saturated heterocycles. The third-order valence-electron chi connectivity index (χ3n) is 3.55. The highest BCUT2D eigenvalue weighted by Crippen LogP contribution is 2.27. The van der Waals surface area contributed by atoms with Crippen LogP contribution < -0.4 is 5.32 Å². The summed E-state index contributed by atoms with van der Waals surface area (Å²) in [5.41, 5.74) is 0.925. The molecule has 0 spiro atoms. The van der Waals surface area contributed by atoms with E-state index in [1.807, 2.05) is 30.3 Å². The van der Waals surface area contributed by atoms with Crippen LogP contribution in [0.25, 0.3) is 10.8 Å². The molecule has 102 valence electrons. The molecule has 3 heteroatoms. The van der Waals surface area contributed by atoms with Crippen LogP contribution in [0.2, 0.25) is 0 Å². The molecule has 1 unspecified atom stereocenters. The fraction of sp³-hybridized carbons (Fsp3) is 0.375. The summed E-state index contributed by atoms with van der Waals surface area (Å²) in [6, 6.07) is 12.0. The first-order valence-corrected chi connectivity index (χ1v) is 6.80. The van der Waals surface area contributed by atoms with Crippen molar-refractivity contribution in [1.82, 2.24) is 5.32 Å². The number of hydrogen-bond acceptors (Lipinski definition) is 3. The van der Waals surface area contributed by atoms with Crippen LogP contribution in [0.4, 0.5) is 0 Å². The largest absolute Gasteiger partial charge is 0.508 e. The van der Waals surface area contributed by atoms with Crippen LogP contribution in [0, 0.1) is 0 Å². The van der Waals surface area contributed by atoms with E-state index in [0.29, 0.717) is 12.3 Å². The number of phenolic OH excluding ortho intramolecular Hbond substituents is 1. The smallest absolute Gasteiger partial charge is 0.120 e. The van der Waals surface area contributed by atoms with E-state index in [0.717, 1.165) is 29.2 Å². The molecule has 2 aromatic carbocycles. The van der Waals surface area contributed by atoms with E-state index in [4.69, 9.17) is 5.11 Å². The Morgan fingerprint density at radius 1 is 1.16 bits per heavy atom. The number of hydrogen-bond donors (Lipinski definition) is 3. The van der Waals surface area contributed by atoms with Gasteiger partial charge in [-0.2, -0.15) is 0 Å². The zero-order valence-corrected chi connectivity index (χ0v) is 11.3. The van der Waals surface area contributed by atoms with Gasteiger partial charge in [0.15, 0.2) is 0 Å². The van der Waals surface area contributed by atoms with Gasteiger partial charge < -0.3 is 15.5 Å². The first-order chi connectivity index (χ1) is 9.26. The molecule has 0 saturated carbocycles. The number of aliphatic hydroxyl groups is 1. The first-order valence-electron chi connectivity index (χ1n) is 6.80. The Labute approximate surface area is 113 Å². The molecule has 2 rings (SSSR count). The fourth-order valence-corrected chi connectivity index (χ4v) is 2.36. The lowest BCUT2D eigenvalue weighted by atomic mass is 10.0. The predicted molar refractivity (Wildman–Crippen MR) is 78.2 cm³/mol. The van der Waals surface area contributed by atoms with Crippen molar-refractivity contribution in [3.8, 4) is 5.75 Å². The Kier molecular flexibility index (Phi) is 4.77. The highest BCUT2D eigenvalue weighted by atomic mass is 16.3. The van der Waals surface area contributed by atoms with E-state index in [9.17, 15) is 5.11 Å². The molecule has 19 heavy (non-hydrogen) atoms. The zero-order valence-electron chi connectivity index (χ0n) is 11.3. The average Bonchev–Trinajstić information content (AvgIpc) is 2.45.